The quantitative estimate of drug-likeness (QED) is 0.496. The Labute approximate surface area is 94.4 Å². The molecular weight excluding hydrogens is 207 g/mol. The van der Waals surface area contributed by atoms with Gasteiger partial charge in [-0.25, -0.2) is 9.18 Å². The second-order valence-electron chi connectivity index (χ2n) is 4.23. The zero-order valence-corrected chi connectivity index (χ0v) is 9.50. The number of ether oxygens (including phenoxy) is 1. The minimum absolute atomic E-state index is 0.188. The Hall–Kier alpha value is -1.82. The lowest BCUT2D eigenvalue weighted by Gasteiger charge is -2.16. The van der Waals surface area contributed by atoms with Gasteiger partial charge in [-0.2, -0.15) is 0 Å². The van der Waals surface area contributed by atoms with Crippen molar-refractivity contribution in [1.82, 2.24) is 0 Å². The van der Waals surface area contributed by atoms with E-state index in [1.54, 1.807) is 32.9 Å². The topological polar surface area (TPSA) is 26.3 Å². The highest BCUT2D eigenvalue weighted by molar-refractivity contribution is 5.89. The Balaban J connectivity index is 2.76. The molecule has 0 N–H and O–H groups in total. The van der Waals surface area contributed by atoms with E-state index < -0.39 is 17.4 Å². The maximum absolute atomic E-state index is 13.1. The number of hydrogen-bond donors (Lipinski definition) is 0. The average Bonchev–Trinajstić information content (AvgIpc) is 2.14. The predicted octanol–water partition coefficient (Wildman–Crippen LogP) is 2.52. The second kappa shape index (κ2) is 4.80. The zero-order chi connectivity index (χ0) is 12.2. The molecule has 1 rings (SSSR count). The molecule has 0 bridgehead atoms. The molecule has 84 valence electrons. The van der Waals surface area contributed by atoms with Crippen LogP contribution in [0.2, 0.25) is 0 Å². The summed E-state index contributed by atoms with van der Waals surface area (Å²) in [5.41, 5.74) is -0.394. The molecule has 0 spiro atoms. The van der Waals surface area contributed by atoms with Crippen LogP contribution >= 0.6 is 0 Å². The third kappa shape index (κ3) is 4.14. The molecule has 3 heteroatoms. The number of carbonyl (C=O) groups excluding carboxylic acids is 1. The van der Waals surface area contributed by atoms with Crippen LogP contribution in [0.1, 0.15) is 26.3 Å². The van der Waals surface area contributed by atoms with E-state index in [-0.39, 0.29) is 5.56 Å². The van der Waals surface area contributed by atoms with Crippen molar-refractivity contribution >= 4 is 5.97 Å². The van der Waals surface area contributed by atoms with Crippen LogP contribution in [0, 0.1) is 17.7 Å². The molecule has 0 aromatic heterocycles. The van der Waals surface area contributed by atoms with E-state index in [0.717, 1.165) is 0 Å². The Morgan fingerprint density at radius 1 is 1.31 bits per heavy atom. The highest BCUT2D eigenvalue weighted by Crippen LogP contribution is 2.07. The van der Waals surface area contributed by atoms with Gasteiger partial charge < -0.3 is 4.74 Å². The highest BCUT2D eigenvalue weighted by Gasteiger charge is 2.14. The lowest BCUT2D eigenvalue weighted by atomic mass is 10.2. The maximum Gasteiger partial charge on any atom is 0.385 e. The van der Waals surface area contributed by atoms with Crippen LogP contribution in [-0.2, 0) is 9.53 Å². The predicted molar refractivity (Wildman–Crippen MR) is 59.1 cm³/mol. The molecule has 16 heavy (non-hydrogen) atoms. The fourth-order valence-electron chi connectivity index (χ4n) is 0.985. The van der Waals surface area contributed by atoms with Crippen molar-refractivity contribution in [3.05, 3.63) is 35.6 Å². The first-order valence-electron chi connectivity index (χ1n) is 4.88. The first-order valence-corrected chi connectivity index (χ1v) is 4.88. The fraction of sp³-hybridized carbons (Fsp3) is 0.308. The molecule has 0 saturated heterocycles. The van der Waals surface area contributed by atoms with Gasteiger partial charge in [0, 0.05) is 5.92 Å². The van der Waals surface area contributed by atoms with E-state index in [4.69, 9.17) is 4.74 Å². The van der Waals surface area contributed by atoms with Gasteiger partial charge in [-0.3, -0.25) is 0 Å². The van der Waals surface area contributed by atoms with Crippen molar-refractivity contribution in [3.63, 3.8) is 0 Å². The minimum atomic E-state index is -0.657. The van der Waals surface area contributed by atoms with E-state index in [2.05, 4.69) is 11.8 Å². The summed E-state index contributed by atoms with van der Waals surface area (Å²) in [6, 6.07) is 6.02. The molecule has 0 radical (unpaired) electrons. The van der Waals surface area contributed by atoms with E-state index in [9.17, 15) is 9.18 Å². The van der Waals surface area contributed by atoms with Gasteiger partial charge in [-0.15, -0.1) is 0 Å². The molecule has 2 nitrogen and oxygen atoms in total. The largest absolute Gasteiger partial charge is 0.450 e. The smallest absolute Gasteiger partial charge is 0.385 e. The maximum atomic E-state index is 13.1. The second-order valence-corrected chi connectivity index (χ2v) is 4.23. The number of hydrogen-bond acceptors (Lipinski definition) is 2. The molecule has 0 aliphatic rings. The summed E-state index contributed by atoms with van der Waals surface area (Å²) in [7, 11) is 0. The van der Waals surface area contributed by atoms with Crippen LogP contribution in [0.3, 0.4) is 0 Å². The molecular formula is C13H13FO2. The number of halogens is 1. The number of benzene rings is 1. The van der Waals surface area contributed by atoms with E-state index >= 15 is 0 Å². The lowest BCUT2D eigenvalue weighted by Crippen LogP contribution is -2.22. The van der Waals surface area contributed by atoms with Gasteiger partial charge in [-0.05, 0) is 32.9 Å². The summed E-state index contributed by atoms with van der Waals surface area (Å²) in [6.45, 7) is 5.24. The number of carbonyl (C=O) groups is 1. The Bertz CT molecular complexity index is 447. The molecule has 0 atom stereocenters. The average molecular weight is 220 g/mol. The Morgan fingerprint density at radius 3 is 2.50 bits per heavy atom. The summed E-state index contributed by atoms with van der Waals surface area (Å²) in [4.78, 5) is 11.2. The first kappa shape index (κ1) is 12.3. The third-order valence-electron chi connectivity index (χ3n) is 1.57. The summed E-state index contributed by atoms with van der Waals surface area (Å²) in [5, 5.41) is 0. The van der Waals surface area contributed by atoms with Gasteiger partial charge in [0.1, 0.15) is 11.4 Å². The third-order valence-corrected chi connectivity index (χ3v) is 1.57. The first-order chi connectivity index (χ1) is 7.38. The van der Waals surface area contributed by atoms with Crippen LogP contribution in [0.4, 0.5) is 4.39 Å². The molecule has 0 aliphatic heterocycles. The van der Waals surface area contributed by atoms with Gasteiger partial charge >= 0.3 is 5.97 Å². The molecule has 1 aromatic rings. The van der Waals surface area contributed by atoms with E-state index in [1.165, 1.54) is 12.1 Å². The van der Waals surface area contributed by atoms with Crippen LogP contribution in [0.25, 0.3) is 0 Å². The van der Waals surface area contributed by atoms with Crippen molar-refractivity contribution in [2.45, 2.75) is 26.4 Å². The summed E-state index contributed by atoms with van der Waals surface area (Å²) >= 11 is 0. The summed E-state index contributed by atoms with van der Waals surface area (Å²) < 4.78 is 18.1. The van der Waals surface area contributed by atoms with Crippen LogP contribution in [-0.4, -0.2) is 11.6 Å². The number of rotatable bonds is 0. The lowest BCUT2D eigenvalue weighted by molar-refractivity contribution is -0.147. The molecule has 1 aromatic carbocycles. The van der Waals surface area contributed by atoms with Gasteiger partial charge in [-0.1, -0.05) is 18.1 Å². The molecule has 0 saturated carbocycles. The Morgan fingerprint density at radius 2 is 1.94 bits per heavy atom. The number of esters is 1. The molecule has 0 fully saturated rings. The molecule has 0 heterocycles. The molecule has 0 amide bonds. The SMILES string of the molecule is CC(C)(C)OC(=O)C#Cc1ccccc1F. The van der Waals surface area contributed by atoms with E-state index in [0.29, 0.717) is 0 Å². The van der Waals surface area contributed by atoms with Gasteiger partial charge in [0.15, 0.2) is 0 Å². The van der Waals surface area contributed by atoms with Crippen molar-refractivity contribution in [2.75, 3.05) is 0 Å². The summed E-state index contributed by atoms with van der Waals surface area (Å²) in [5.74, 6) is 3.58. The standard InChI is InChI=1S/C13H13FO2/c1-13(2,3)16-12(15)9-8-10-6-4-5-7-11(10)14/h4-7H,1-3H3. The van der Waals surface area contributed by atoms with Crippen LogP contribution < -0.4 is 0 Å². The minimum Gasteiger partial charge on any atom is -0.450 e. The van der Waals surface area contributed by atoms with Crippen LogP contribution in [0.5, 0.6) is 0 Å². The van der Waals surface area contributed by atoms with Crippen molar-refractivity contribution in [2.24, 2.45) is 0 Å². The van der Waals surface area contributed by atoms with Gasteiger partial charge in [0.05, 0.1) is 5.56 Å². The normalized spacial score (nSPS) is 10.2. The van der Waals surface area contributed by atoms with Crippen molar-refractivity contribution < 1.29 is 13.9 Å². The molecule has 0 unspecified atom stereocenters. The van der Waals surface area contributed by atoms with E-state index in [1.807, 2.05) is 0 Å². The van der Waals surface area contributed by atoms with Crippen molar-refractivity contribution in [3.8, 4) is 11.8 Å². The van der Waals surface area contributed by atoms with Crippen molar-refractivity contribution in [1.29, 1.82) is 0 Å². The fourth-order valence-corrected chi connectivity index (χ4v) is 0.985. The highest BCUT2D eigenvalue weighted by atomic mass is 19.1. The summed E-state index contributed by atoms with van der Waals surface area (Å²) in [6.07, 6.45) is 0. The van der Waals surface area contributed by atoms with Gasteiger partial charge in [0.25, 0.3) is 0 Å². The monoisotopic (exact) mass is 220 g/mol. The molecule has 0 aliphatic carbocycles. The Kier molecular flexibility index (Phi) is 3.68. The van der Waals surface area contributed by atoms with Gasteiger partial charge in [0.2, 0.25) is 0 Å². The van der Waals surface area contributed by atoms with Crippen LogP contribution in [0.15, 0.2) is 24.3 Å². The zero-order valence-electron chi connectivity index (χ0n) is 9.50.